The van der Waals surface area contributed by atoms with Gasteiger partial charge in [-0.2, -0.15) is 0 Å². The highest BCUT2D eigenvalue weighted by molar-refractivity contribution is 6.38. The highest BCUT2D eigenvalue weighted by Crippen LogP contribution is 2.32. The fourth-order valence-corrected chi connectivity index (χ4v) is 1.64. The predicted octanol–water partition coefficient (Wildman–Crippen LogP) is 2.99. The minimum Gasteiger partial charge on any atom is -0.444 e. The lowest BCUT2D eigenvalue weighted by molar-refractivity contribution is 0.0995. The Morgan fingerprint density at radius 1 is 1.22 bits per heavy atom. The van der Waals surface area contributed by atoms with Gasteiger partial charge >= 0.3 is 0 Å². The zero-order chi connectivity index (χ0) is 11.7. The first kappa shape index (κ1) is 17.0. The molecule has 0 atom stereocenters. The minimum atomic E-state index is -0.684. The molecule has 0 bridgehead atoms. The van der Waals surface area contributed by atoms with Crippen molar-refractivity contribution in [1.82, 2.24) is 9.97 Å². The standard InChI is InChI=1S/C9H5Cl2N3O2.2ClH/c10-4-1-13-2-5(11)7(4)9-14-6(3-16-9)8(12)15;;/h1-3H,(H2,12,15);2*1H. The van der Waals surface area contributed by atoms with E-state index in [1.54, 1.807) is 0 Å². The molecule has 0 saturated carbocycles. The SMILES string of the molecule is Cl.Cl.NC(=O)c1coc(-c2c(Cl)cncc2Cl)n1. The molecular weight excluding hydrogens is 324 g/mol. The second-order valence-electron chi connectivity index (χ2n) is 2.88. The molecule has 98 valence electrons. The summed E-state index contributed by atoms with van der Waals surface area (Å²) < 4.78 is 5.07. The molecule has 2 rings (SSSR count). The zero-order valence-electron chi connectivity index (χ0n) is 8.59. The van der Waals surface area contributed by atoms with Crippen LogP contribution in [0.2, 0.25) is 10.0 Å². The molecule has 0 saturated heterocycles. The molecule has 2 aromatic rings. The lowest BCUT2D eigenvalue weighted by atomic mass is 10.2. The van der Waals surface area contributed by atoms with Gasteiger partial charge in [0, 0.05) is 12.4 Å². The van der Waals surface area contributed by atoms with Crippen LogP contribution in [0.3, 0.4) is 0 Å². The van der Waals surface area contributed by atoms with Crippen molar-refractivity contribution in [2.45, 2.75) is 0 Å². The molecule has 9 heteroatoms. The van der Waals surface area contributed by atoms with Crippen LogP contribution in [-0.2, 0) is 0 Å². The third kappa shape index (κ3) is 3.26. The maximum absolute atomic E-state index is 10.8. The van der Waals surface area contributed by atoms with E-state index in [1.165, 1.54) is 12.4 Å². The van der Waals surface area contributed by atoms with E-state index in [9.17, 15) is 4.79 Å². The van der Waals surface area contributed by atoms with Crippen molar-refractivity contribution in [2.75, 3.05) is 0 Å². The van der Waals surface area contributed by atoms with Crippen molar-refractivity contribution >= 4 is 53.9 Å². The van der Waals surface area contributed by atoms with Gasteiger partial charge in [-0.1, -0.05) is 23.2 Å². The number of amides is 1. The number of pyridine rings is 1. The van der Waals surface area contributed by atoms with Crippen LogP contribution in [0, 0.1) is 0 Å². The Labute approximate surface area is 125 Å². The van der Waals surface area contributed by atoms with Gasteiger partial charge in [-0.05, 0) is 0 Å². The average molecular weight is 331 g/mol. The van der Waals surface area contributed by atoms with Gasteiger partial charge in [0.25, 0.3) is 5.91 Å². The molecule has 1 amide bonds. The van der Waals surface area contributed by atoms with Crippen molar-refractivity contribution < 1.29 is 9.21 Å². The molecule has 0 fully saturated rings. The molecule has 5 nitrogen and oxygen atoms in total. The number of hydrogen-bond donors (Lipinski definition) is 1. The van der Waals surface area contributed by atoms with Crippen molar-refractivity contribution in [1.29, 1.82) is 0 Å². The normalized spacial score (nSPS) is 9.22. The molecule has 0 spiro atoms. The summed E-state index contributed by atoms with van der Waals surface area (Å²) in [6.07, 6.45) is 3.94. The number of carbonyl (C=O) groups excluding carboxylic acids is 1. The second-order valence-corrected chi connectivity index (χ2v) is 3.69. The van der Waals surface area contributed by atoms with Gasteiger partial charge in [-0.25, -0.2) is 4.98 Å². The average Bonchev–Trinajstić information content (AvgIpc) is 2.66. The van der Waals surface area contributed by atoms with E-state index in [2.05, 4.69) is 9.97 Å². The van der Waals surface area contributed by atoms with Gasteiger partial charge in [0.2, 0.25) is 5.89 Å². The Morgan fingerprint density at radius 2 is 1.78 bits per heavy atom. The third-order valence-corrected chi connectivity index (χ3v) is 2.40. The van der Waals surface area contributed by atoms with Crippen molar-refractivity contribution in [3.63, 3.8) is 0 Å². The highest BCUT2D eigenvalue weighted by atomic mass is 35.5. The predicted molar refractivity (Wildman–Crippen MR) is 72.8 cm³/mol. The van der Waals surface area contributed by atoms with Gasteiger partial charge < -0.3 is 10.2 Å². The molecule has 0 aromatic carbocycles. The van der Waals surface area contributed by atoms with Crippen molar-refractivity contribution in [3.05, 3.63) is 34.4 Å². The highest BCUT2D eigenvalue weighted by Gasteiger charge is 2.16. The molecule has 2 heterocycles. The van der Waals surface area contributed by atoms with Gasteiger partial charge in [-0.3, -0.25) is 9.78 Å². The van der Waals surface area contributed by atoms with Gasteiger partial charge in [-0.15, -0.1) is 24.8 Å². The van der Waals surface area contributed by atoms with E-state index in [4.69, 9.17) is 33.4 Å². The van der Waals surface area contributed by atoms with E-state index in [-0.39, 0.29) is 46.4 Å². The van der Waals surface area contributed by atoms with E-state index >= 15 is 0 Å². The first-order valence-corrected chi connectivity index (χ1v) is 4.90. The number of nitrogens with zero attached hydrogens (tertiary/aromatic N) is 2. The van der Waals surface area contributed by atoms with Gasteiger partial charge in [0.05, 0.1) is 15.6 Å². The molecule has 0 aliphatic rings. The number of rotatable bonds is 2. The first-order chi connectivity index (χ1) is 7.59. The summed E-state index contributed by atoms with van der Waals surface area (Å²) >= 11 is 11.8. The Kier molecular flexibility index (Phi) is 6.42. The summed E-state index contributed by atoms with van der Waals surface area (Å²) in [6, 6.07) is 0. The zero-order valence-corrected chi connectivity index (χ0v) is 11.7. The number of primary amides is 1. The largest absolute Gasteiger partial charge is 0.444 e. The van der Waals surface area contributed by atoms with Crippen LogP contribution in [0.1, 0.15) is 10.5 Å². The molecule has 2 N–H and O–H groups in total. The summed E-state index contributed by atoms with van der Waals surface area (Å²) in [6.45, 7) is 0. The lowest BCUT2D eigenvalue weighted by Crippen LogP contribution is -2.10. The lowest BCUT2D eigenvalue weighted by Gasteiger charge is -2.00. The van der Waals surface area contributed by atoms with E-state index < -0.39 is 5.91 Å². The van der Waals surface area contributed by atoms with Crippen LogP contribution in [-0.4, -0.2) is 15.9 Å². The van der Waals surface area contributed by atoms with Crippen LogP contribution in [0.4, 0.5) is 0 Å². The van der Waals surface area contributed by atoms with E-state index in [1.807, 2.05) is 0 Å². The number of hydrogen-bond acceptors (Lipinski definition) is 4. The number of halogens is 4. The number of nitrogens with two attached hydrogens (primary N) is 1. The minimum absolute atomic E-state index is 0. The topological polar surface area (TPSA) is 82.0 Å². The monoisotopic (exact) mass is 329 g/mol. The fraction of sp³-hybridized carbons (Fsp3) is 0. The number of oxazole rings is 1. The number of aromatic nitrogens is 2. The van der Waals surface area contributed by atoms with Crippen LogP contribution < -0.4 is 5.73 Å². The molecule has 2 aromatic heterocycles. The summed E-state index contributed by atoms with van der Waals surface area (Å²) in [4.78, 5) is 18.5. The summed E-state index contributed by atoms with van der Waals surface area (Å²) in [7, 11) is 0. The molecular formula is C9H7Cl4N3O2. The maximum atomic E-state index is 10.8. The Balaban J connectivity index is 0.00000144. The first-order valence-electron chi connectivity index (χ1n) is 4.14. The maximum Gasteiger partial charge on any atom is 0.270 e. The molecule has 18 heavy (non-hydrogen) atoms. The van der Waals surface area contributed by atoms with E-state index in [0.29, 0.717) is 5.56 Å². The molecule has 0 aliphatic carbocycles. The van der Waals surface area contributed by atoms with Crippen LogP contribution in [0.15, 0.2) is 23.1 Å². The molecule has 0 aliphatic heterocycles. The fourth-order valence-electron chi connectivity index (χ4n) is 1.12. The van der Waals surface area contributed by atoms with Gasteiger partial charge in [0.1, 0.15) is 6.26 Å². The van der Waals surface area contributed by atoms with Crippen LogP contribution in [0.5, 0.6) is 0 Å². The van der Waals surface area contributed by atoms with Crippen LogP contribution >= 0.6 is 48.0 Å². The summed E-state index contributed by atoms with van der Waals surface area (Å²) in [5.74, 6) is -0.553. The second kappa shape index (κ2) is 6.80. The molecule has 0 radical (unpaired) electrons. The quantitative estimate of drug-likeness (QED) is 0.917. The Morgan fingerprint density at radius 3 is 2.22 bits per heavy atom. The summed E-state index contributed by atoms with van der Waals surface area (Å²) in [5, 5.41) is 0.566. The molecule has 0 unspecified atom stereocenters. The third-order valence-electron chi connectivity index (χ3n) is 1.82. The van der Waals surface area contributed by atoms with E-state index in [0.717, 1.165) is 6.26 Å². The summed E-state index contributed by atoms with van der Waals surface area (Å²) in [5.41, 5.74) is 5.43. The van der Waals surface area contributed by atoms with Crippen LogP contribution in [0.25, 0.3) is 11.5 Å². The smallest absolute Gasteiger partial charge is 0.270 e. The Hall–Kier alpha value is -1.01. The Bertz CT molecular complexity index is 538. The van der Waals surface area contributed by atoms with Crippen molar-refractivity contribution in [3.8, 4) is 11.5 Å². The van der Waals surface area contributed by atoms with Gasteiger partial charge in [0.15, 0.2) is 5.69 Å². The number of carbonyl (C=O) groups is 1. The van der Waals surface area contributed by atoms with Crippen molar-refractivity contribution in [2.24, 2.45) is 5.73 Å².